The number of aryl methyl sites for hydroxylation is 1. The van der Waals surface area contributed by atoms with E-state index in [1.165, 1.54) is 10.6 Å². The molecule has 0 aromatic carbocycles. The average Bonchev–Trinajstić information content (AvgIpc) is 2.54. The van der Waals surface area contributed by atoms with Crippen molar-refractivity contribution in [2.75, 3.05) is 6.54 Å². The molecule has 1 saturated heterocycles. The van der Waals surface area contributed by atoms with Gasteiger partial charge in [0.05, 0.1) is 12.1 Å². The third-order valence-electron chi connectivity index (χ3n) is 4.46. The third-order valence-corrected chi connectivity index (χ3v) is 4.46. The Bertz CT molecular complexity index is 797. The lowest BCUT2D eigenvalue weighted by molar-refractivity contribution is 0.0279. The van der Waals surface area contributed by atoms with Crippen LogP contribution in [0.2, 0.25) is 0 Å². The summed E-state index contributed by atoms with van der Waals surface area (Å²) < 4.78 is 1.39. The van der Waals surface area contributed by atoms with Crippen LogP contribution in [0.3, 0.4) is 0 Å². The monoisotopic (exact) mass is 315 g/mol. The van der Waals surface area contributed by atoms with E-state index in [4.69, 9.17) is 0 Å². The fraction of sp³-hybridized carbons (Fsp3) is 0.471. The maximum Gasteiger partial charge on any atom is 0.270 e. The number of nitrogens with zero attached hydrogens (tertiary/aromatic N) is 3. The van der Waals surface area contributed by atoms with Crippen LogP contribution in [0, 0.1) is 6.92 Å². The summed E-state index contributed by atoms with van der Waals surface area (Å²) in [6, 6.07) is 3.37. The number of hydrogen-bond donors (Lipinski definition) is 1. The summed E-state index contributed by atoms with van der Waals surface area (Å²) in [5.74, 6) is -0.344. The lowest BCUT2D eigenvalue weighted by Crippen LogP contribution is -2.50. The molecule has 1 aliphatic rings. The lowest BCUT2D eigenvalue weighted by Gasteiger charge is -2.37. The maximum absolute atomic E-state index is 12.8. The summed E-state index contributed by atoms with van der Waals surface area (Å²) in [7, 11) is 0. The summed E-state index contributed by atoms with van der Waals surface area (Å²) in [6.45, 7) is 4.17. The second-order valence-electron chi connectivity index (χ2n) is 6.21. The van der Waals surface area contributed by atoms with E-state index in [1.54, 1.807) is 24.1 Å². The van der Waals surface area contributed by atoms with Crippen LogP contribution in [0.4, 0.5) is 0 Å². The van der Waals surface area contributed by atoms with Crippen molar-refractivity contribution in [1.29, 1.82) is 0 Å². The van der Waals surface area contributed by atoms with E-state index in [9.17, 15) is 14.7 Å². The molecule has 1 amide bonds. The maximum atomic E-state index is 12.8. The van der Waals surface area contributed by atoms with Gasteiger partial charge in [0.15, 0.2) is 0 Å². The first-order chi connectivity index (χ1) is 11.0. The zero-order chi connectivity index (χ0) is 16.6. The largest absolute Gasteiger partial charge is 0.391 e. The molecule has 0 spiro atoms. The van der Waals surface area contributed by atoms with Crippen molar-refractivity contribution < 1.29 is 9.90 Å². The zero-order valence-corrected chi connectivity index (χ0v) is 13.4. The molecule has 0 radical (unpaired) electrons. The smallest absolute Gasteiger partial charge is 0.270 e. The molecule has 2 aromatic heterocycles. The van der Waals surface area contributed by atoms with E-state index < -0.39 is 6.10 Å². The summed E-state index contributed by atoms with van der Waals surface area (Å²) >= 11 is 0. The Hall–Kier alpha value is -2.21. The number of aliphatic hydroxyl groups is 1. The van der Waals surface area contributed by atoms with Crippen molar-refractivity contribution in [2.24, 2.45) is 0 Å². The molecule has 2 aromatic rings. The Kier molecular flexibility index (Phi) is 4.17. The Morgan fingerprint density at radius 1 is 1.43 bits per heavy atom. The number of carbonyl (C=O) groups is 1. The van der Waals surface area contributed by atoms with Crippen LogP contribution in [0.5, 0.6) is 0 Å². The number of fused-ring (bicyclic) bond motifs is 1. The zero-order valence-electron chi connectivity index (χ0n) is 13.4. The van der Waals surface area contributed by atoms with Gasteiger partial charge in [-0.3, -0.25) is 14.0 Å². The van der Waals surface area contributed by atoms with E-state index >= 15 is 0 Å². The van der Waals surface area contributed by atoms with Crippen LogP contribution in [0.25, 0.3) is 5.65 Å². The van der Waals surface area contributed by atoms with Gasteiger partial charge < -0.3 is 10.0 Å². The molecule has 2 atom stereocenters. The van der Waals surface area contributed by atoms with E-state index in [0.29, 0.717) is 12.2 Å². The molecule has 3 heterocycles. The number of amides is 1. The van der Waals surface area contributed by atoms with Gasteiger partial charge in [-0.1, -0.05) is 0 Å². The van der Waals surface area contributed by atoms with Gasteiger partial charge in [-0.2, -0.15) is 0 Å². The minimum atomic E-state index is -0.613. The van der Waals surface area contributed by atoms with Gasteiger partial charge in [0, 0.05) is 18.9 Å². The van der Waals surface area contributed by atoms with Gasteiger partial charge in [0.1, 0.15) is 11.2 Å². The first kappa shape index (κ1) is 15.7. The van der Waals surface area contributed by atoms with Crippen LogP contribution in [0.1, 0.15) is 42.1 Å². The fourth-order valence-electron chi connectivity index (χ4n) is 3.19. The normalized spacial score (nSPS) is 19.8. The number of hydrogen-bond acceptors (Lipinski definition) is 4. The van der Waals surface area contributed by atoms with Crippen LogP contribution in [0.15, 0.2) is 29.3 Å². The number of pyridine rings is 1. The Morgan fingerprint density at radius 2 is 2.22 bits per heavy atom. The standard InChI is InChI=1S/C17H21N3O3/c1-11-6-8-20-15(9-11)18-10-13(17(20)23)16(22)19-7-4-3-5-14(19)12(2)21/h6,8-10,12,14,21H,3-5,7H2,1-2H3. The molecule has 3 rings (SSSR count). The summed E-state index contributed by atoms with van der Waals surface area (Å²) in [6.07, 6.45) is 5.00. The van der Waals surface area contributed by atoms with Gasteiger partial charge in [0.25, 0.3) is 11.5 Å². The summed E-state index contributed by atoms with van der Waals surface area (Å²) in [5.41, 5.74) is 1.22. The number of piperidine rings is 1. The highest BCUT2D eigenvalue weighted by molar-refractivity contribution is 5.94. The van der Waals surface area contributed by atoms with Gasteiger partial charge >= 0.3 is 0 Å². The quantitative estimate of drug-likeness (QED) is 0.908. The van der Waals surface area contributed by atoms with Crippen molar-refractivity contribution in [3.8, 4) is 0 Å². The number of rotatable bonds is 2. The van der Waals surface area contributed by atoms with Crippen molar-refractivity contribution >= 4 is 11.6 Å². The molecule has 23 heavy (non-hydrogen) atoms. The number of likely N-dealkylation sites (tertiary alicyclic amines) is 1. The molecule has 6 nitrogen and oxygen atoms in total. The molecular formula is C17H21N3O3. The van der Waals surface area contributed by atoms with Crippen molar-refractivity contribution in [1.82, 2.24) is 14.3 Å². The fourth-order valence-corrected chi connectivity index (χ4v) is 3.19. The molecule has 1 aliphatic heterocycles. The molecule has 0 aliphatic carbocycles. The molecule has 1 fully saturated rings. The van der Waals surface area contributed by atoms with E-state index in [1.807, 2.05) is 13.0 Å². The molecule has 2 unspecified atom stereocenters. The van der Waals surface area contributed by atoms with Gasteiger partial charge in [-0.15, -0.1) is 0 Å². The lowest BCUT2D eigenvalue weighted by atomic mass is 9.97. The van der Waals surface area contributed by atoms with Gasteiger partial charge in [-0.05, 0) is 50.8 Å². The first-order valence-corrected chi connectivity index (χ1v) is 7.96. The van der Waals surface area contributed by atoms with Gasteiger partial charge in [0.2, 0.25) is 0 Å². The van der Waals surface area contributed by atoms with Crippen LogP contribution < -0.4 is 5.56 Å². The summed E-state index contributed by atoms with van der Waals surface area (Å²) in [5, 5.41) is 9.92. The summed E-state index contributed by atoms with van der Waals surface area (Å²) in [4.78, 5) is 31.3. The Labute approximate surface area is 134 Å². The molecular weight excluding hydrogens is 294 g/mol. The number of aliphatic hydroxyl groups excluding tert-OH is 1. The van der Waals surface area contributed by atoms with Gasteiger partial charge in [-0.25, -0.2) is 4.98 Å². The molecule has 1 N–H and O–H groups in total. The second kappa shape index (κ2) is 6.12. The predicted molar refractivity (Wildman–Crippen MR) is 86.6 cm³/mol. The SMILES string of the molecule is Cc1ccn2c(=O)c(C(=O)N3CCCCC3C(C)O)cnc2c1. The minimum absolute atomic E-state index is 0.0545. The molecule has 0 bridgehead atoms. The number of carbonyl (C=O) groups excluding carboxylic acids is 1. The van der Waals surface area contributed by atoms with E-state index in [2.05, 4.69) is 4.98 Å². The Balaban J connectivity index is 2.02. The van der Waals surface area contributed by atoms with Crippen LogP contribution in [-0.2, 0) is 0 Å². The van der Waals surface area contributed by atoms with E-state index in [-0.39, 0.29) is 23.1 Å². The highest BCUT2D eigenvalue weighted by atomic mass is 16.3. The highest BCUT2D eigenvalue weighted by Gasteiger charge is 2.32. The van der Waals surface area contributed by atoms with Crippen LogP contribution in [-0.4, -0.2) is 44.0 Å². The van der Waals surface area contributed by atoms with Crippen LogP contribution >= 0.6 is 0 Å². The topological polar surface area (TPSA) is 74.9 Å². The van der Waals surface area contributed by atoms with Crippen molar-refractivity contribution in [3.63, 3.8) is 0 Å². The second-order valence-corrected chi connectivity index (χ2v) is 6.21. The molecule has 122 valence electrons. The first-order valence-electron chi connectivity index (χ1n) is 7.96. The van der Waals surface area contributed by atoms with Crippen molar-refractivity contribution in [2.45, 2.75) is 45.3 Å². The third kappa shape index (κ3) is 2.86. The van der Waals surface area contributed by atoms with E-state index in [0.717, 1.165) is 24.8 Å². The minimum Gasteiger partial charge on any atom is -0.391 e. The Morgan fingerprint density at radius 3 is 2.96 bits per heavy atom. The van der Waals surface area contributed by atoms with Crippen molar-refractivity contribution in [3.05, 3.63) is 46.0 Å². The molecule has 6 heteroatoms. The highest BCUT2D eigenvalue weighted by Crippen LogP contribution is 2.21. The predicted octanol–water partition coefficient (Wildman–Crippen LogP) is 1.38. The average molecular weight is 315 g/mol. The number of aromatic nitrogens is 2. The molecule has 0 saturated carbocycles.